The molecule has 7 nitrogen and oxygen atoms in total. The van der Waals surface area contributed by atoms with Gasteiger partial charge < -0.3 is 14.5 Å². The van der Waals surface area contributed by atoms with E-state index in [0.29, 0.717) is 23.7 Å². The molecule has 0 radical (unpaired) electrons. The first-order valence-corrected chi connectivity index (χ1v) is 9.50. The Morgan fingerprint density at radius 1 is 1.29 bits per heavy atom. The maximum atomic E-state index is 12.7. The van der Waals surface area contributed by atoms with Crippen LogP contribution >= 0.6 is 0 Å². The molecule has 3 aromatic rings. The number of likely N-dealkylation sites (tertiary alicyclic amines) is 1. The van der Waals surface area contributed by atoms with Crippen molar-refractivity contribution in [3.05, 3.63) is 60.0 Å². The van der Waals surface area contributed by atoms with Gasteiger partial charge in [-0.25, -0.2) is 0 Å². The molecule has 1 aliphatic heterocycles. The fourth-order valence-electron chi connectivity index (χ4n) is 3.71. The van der Waals surface area contributed by atoms with Gasteiger partial charge in [0.15, 0.2) is 11.5 Å². The van der Waals surface area contributed by atoms with Gasteiger partial charge in [-0.15, -0.1) is 0 Å². The smallest absolute Gasteiger partial charge is 0.271 e. The van der Waals surface area contributed by atoms with Crippen molar-refractivity contribution in [2.24, 2.45) is 0 Å². The van der Waals surface area contributed by atoms with E-state index in [9.17, 15) is 4.79 Å². The summed E-state index contributed by atoms with van der Waals surface area (Å²) in [5, 5.41) is 10.0. The molecule has 28 heavy (non-hydrogen) atoms. The molecule has 1 fully saturated rings. The van der Waals surface area contributed by atoms with Gasteiger partial charge in [0.25, 0.3) is 5.91 Å². The molecule has 3 heterocycles. The molecule has 1 amide bonds. The number of rotatable bonds is 7. The molecule has 7 heteroatoms. The fraction of sp³-hybridized carbons (Fsp3) is 0.333. The lowest BCUT2D eigenvalue weighted by Gasteiger charge is -2.29. The highest BCUT2D eigenvalue weighted by Crippen LogP contribution is 2.31. The summed E-state index contributed by atoms with van der Waals surface area (Å²) in [4.78, 5) is 15.1. The summed E-state index contributed by atoms with van der Waals surface area (Å²) in [5.74, 6) is 1.28. The number of amides is 1. The summed E-state index contributed by atoms with van der Waals surface area (Å²) in [5.41, 5.74) is 2.10. The summed E-state index contributed by atoms with van der Waals surface area (Å²) in [6, 6.07) is 13.4. The number of H-pyrrole nitrogens is 1. The molecule has 0 aliphatic carbocycles. The van der Waals surface area contributed by atoms with Crippen LogP contribution in [-0.2, 0) is 0 Å². The zero-order valence-electron chi connectivity index (χ0n) is 15.9. The minimum absolute atomic E-state index is 0.0612. The fourth-order valence-corrected chi connectivity index (χ4v) is 3.71. The molecule has 0 bridgehead atoms. The van der Waals surface area contributed by atoms with Gasteiger partial charge in [-0.05, 0) is 44.1 Å². The molecule has 0 unspecified atom stereocenters. The molecule has 1 aliphatic rings. The van der Waals surface area contributed by atoms with E-state index in [1.54, 1.807) is 25.5 Å². The predicted molar refractivity (Wildman–Crippen MR) is 105 cm³/mol. The van der Waals surface area contributed by atoms with Crippen molar-refractivity contribution in [1.82, 2.24) is 20.4 Å². The second-order valence-corrected chi connectivity index (χ2v) is 6.86. The van der Waals surface area contributed by atoms with Gasteiger partial charge >= 0.3 is 0 Å². The van der Waals surface area contributed by atoms with Crippen LogP contribution in [0.1, 0.15) is 34.9 Å². The number of methoxy groups -OCH3 is 1. The zero-order chi connectivity index (χ0) is 19.3. The van der Waals surface area contributed by atoms with Gasteiger partial charge in [-0.1, -0.05) is 18.2 Å². The molecule has 0 saturated carbocycles. The largest absolute Gasteiger partial charge is 0.496 e. The first-order valence-electron chi connectivity index (χ1n) is 9.50. The molecule has 1 aromatic carbocycles. The molecule has 0 spiro atoms. The molecule has 1 saturated heterocycles. The highest BCUT2D eigenvalue weighted by atomic mass is 16.5. The summed E-state index contributed by atoms with van der Waals surface area (Å²) < 4.78 is 10.9. The molecular formula is C21H24N4O3. The lowest BCUT2D eigenvalue weighted by Crippen LogP contribution is -2.37. The second-order valence-electron chi connectivity index (χ2n) is 6.86. The summed E-state index contributed by atoms with van der Waals surface area (Å²) in [6.07, 6.45) is 3.93. The number of ether oxygens (including phenoxy) is 1. The van der Waals surface area contributed by atoms with E-state index in [1.807, 2.05) is 24.3 Å². The lowest BCUT2D eigenvalue weighted by molar-refractivity contribution is 0.0932. The van der Waals surface area contributed by atoms with Crippen LogP contribution < -0.4 is 10.1 Å². The van der Waals surface area contributed by atoms with E-state index in [1.165, 1.54) is 12.8 Å². The Morgan fingerprint density at radius 2 is 2.11 bits per heavy atom. The van der Waals surface area contributed by atoms with Gasteiger partial charge in [0.2, 0.25) is 0 Å². The van der Waals surface area contributed by atoms with Crippen LogP contribution in [-0.4, -0.2) is 47.7 Å². The van der Waals surface area contributed by atoms with Crippen molar-refractivity contribution in [2.75, 3.05) is 26.7 Å². The molecule has 2 N–H and O–H groups in total. The van der Waals surface area contributed by atoms with Crippen LogP contribution in [0.3, 0.4) is 0 Å². The van der Waals surface area contributed by atoms with Crippen LogP contribution in [0.25, 0.3) is 11.5 Å². The molecule has 1 atom stereocenters. The number of aromatic amines is 1. The molecular weight excluding hydrogens is 356 g/mol. The number of hydrogen-bond acceptors (Lipinski definition) is 5. The summed E-state index contributed by atoms with van der Waals surface area (Å²) >= 11 is 0. The Bertz CT molecular complexity index is 913. The van der Waals surface area contributed by atoms with Crippen molar-refractivity contribution in [3.8, 4) is 17.2 Å². The normalized spacial score (nSPS) is 15.5. The SMILES string of the molecule is COc1ccccc1[C@H](CNC(=O)c1cc(-c2ccco2)[nH]n1)N1CCCC1. The Hall–Kier alpha value is -3.06. The lowest BCUT2D eigenvalue weighted by atomic mass is 10.0. The minimum atomic E-state index is -0.215. The van der Waals surface area contributed by atoms with Gasteiger partial charge in [0, 0.05) is 18.2 Å². The van der Waals surface area contributed by atoms with Crippen molar-refractivity contribution in [2.45, 2.75) is 18.9 Å². The van der Waals surface area contributed by atoms with E-state index in [-0.39, 0.29) is 11.9 Å². The average molecular weight is 380 g/mol. The van der Waals surface area contributed by atoms with Crippen LogP contribution in [0.4, 0.5) is 0 Å². The van der Waals surface area contributed by atoms with Crippen molar-refractivity contribution in [3.63, 3.8) is 0 Å². The van der Waals surface area contributed by atoms with Crippen molar-refractivity contribution < 1.29 is 13.9 Å². The second kappa shape index (κ2) is 8.31. The third kappa shape index (κ3) is 3.80. The highest BCUT2D eigenvalue weighted by molar-refractivity contribution is 5.93. The first kappa shape index (κ1) is 18.3. The minimum Gasteiger partial charge on any atom is -0.496 e. The Morgan fingerprint density at radius 3 is 2.86 bits per heavy atom. The number of furan rings is 1. The number of nitrogens with one attached hydrogen (secondary N) is 2. The number of nitrogens with zero attached hydrogens (tertiary/aromatic N) is 2. The van der Waals surface area contributed by atoms with Crippen molar-refractivity contribution >= 4 is 5.91 Å². The van der Waals surface area contributed by atoms with Crippen LogP contribution in [0.5, 0.6) is 5.75 Å². The Labute approximate surface area is 163 Å². The molecule has 146 valence electrons. The maximum absolute atomic E-state index is 12.7. The predicted octanol–water partition coefficient (Wildman–Crippen LogP) is 3.25. The third-order valence-electron chi connectivity index (χ3n) is 5.13. The van der Waals surface area contributed by atoms with Gasteiger partial charge in [0.05, 0.1) is 19.4 Å². The van der Waals surface area contributed by atoms with E-state index in [4.69, 9.17) is 9.15 Å². The topological polar surface area (TPSA) is 83.4 Å². The summed E-state index contributed by atoms with van der Waals surface area (Å²) in [7, 11) is 1.68. The van der Waals surface area contributed by atoms with E-state index in [0.717, 1.165) is 24.4 Å². The average Bonchev–Trinajstić information content (AvgIpc) is 3.50. The quantitative estimate of drug-likeness (QED) is 0.657. The Kier molecular flexibility index (Phi) is 5.43. The first-order chi connectivity index (χ1) is 13.8. The molecule has 4 rings (SSSR count). The van der Waals surface area contributed by atoms with Crippen LogP contribution in [0, 0.1) is 0 Å². The van der Waals surface area contributed by atoms with Gasteiger partial charge in [0.1, 0.15) is 11.4 Å². The summed E-state index contributed by atoms with van der Waals surface area (Å²) in [6.45, 7) is 2.52. The molecule has 2 aromatic heterocycles. The number of para-hydroxylation sites is 1. The zero-order valence-corrected chi connectivity index (χ0v) is 15.9. The highest BCUT2D eigenvalue weighted by Gasteiger charge is 2.26. The maximum Gasteiger partial charge on any atom is 0.271 e. The monoisotopic (exact) mass is 380 g/mol. The van der Waals surface area contributed by atoms with Gasteiger partial charge in [-0.3, -0.25) is 14.8 Å². The third-order valence-corrected chi connectivity index (χ3v) is 5.13. The number of aromatic nitrogens is 2. The van der Waals surface area contributed by atoms with Crippen molar-refractivity contribution in [1.29, 1.82) is 0 Å². The van der Waals surface area contributed by atoms with E-state index >= 15 is 0 Å². The number of hydrogen-bond donors (Lipinski definition) is 2. The van der Waals surface area contributed by atoms with Crippen LogP contribution in [0.15, 0.2) is 53.1 Å². The standard InChI is InChI=1S/C21H24N4O3/c1-27-19-8-3-2-7-15(19)18(25-10-4-5-11-25)14-22-21(26)17-13-16(23-24-17)20-9-6-12-28-20/h2-3,6-9,12-13,18H,4-5,10-11,14H2,1H3,(H,22,26)(H,23,24)/t18-/m0/s1. The number of benzene rings is 1. The van der Waals surface area contributed by atoms with E-state index in [2.05, 4.69) is 26.5 Å². The number of carbonyl (C=O) groups is 1. The Balaban J connectivity index is 1.49. The van der Waals surface area contributed by atoms with Crippen LogP contribution in [0.2, 0.25) is 0 Å². The van der Waals surface area contributed by atoms with E-state index < -0.39 is 0 Å². The van der Waals surface area contributed by atoms with Gasteiger partial charge in [-0.2, -0.15) is 5.10 Å². The number of carbonyl (C=O) groups excluding carboxylic acids is 1.